The van der Waals surface area contributed by atoms with Crippen molar-refractivity contribution in [2.45, 2.75) is 0 Å². The summed E-state index contributed by atoms with van der Waals surface area (Å²) >= 11 is 0. The lowest BCUT2D eigenvalue weighted by Crippen LogP contribution is -2.06. The van der Waals surface area contributed by atoms with Crippen molar-refractivity contribution in [3.63, 3.8) is 0 Å². The third-order valence-electron chi connectivity index (χ3n) is 2.03. The van der Waals surface area contributed by atoms with Crippen LogP contribution in [0.1, 0.15) is 10.4 Å². The Kier molecular flexibility index (Phi) is 2.15. The SMILES string of the molecule is COC(=O)c1cc2ccoc2c(F)c1F. The summed E-state index contributed by atoms with van der Waals surface area (Å²) < 4.78 is 35.7. The van der Waals surface area contributed by atoms with Gasteiger partial charge in [0.05, 0.1) is 18.9 Å². The molecule has 5 heteroatoms. The number of methoxy groups -OCH3 is 1. The normalized spacial score (nSPS) is 10.6. The average Bonchev–Trinajstić information content (AvgIpc) is 2.70. The van der Waals surface area contributed by atoms with E-state index in [4.69, 9.17) is 4.42 Å². The molecule has 0 saturated heterocycles. The van der Waals surface area contributed by atoms with Gasteiger partial charge in [-0.2, -0.15) is 4.39 Å². The largest absolute Gasteiger partial charge is 0.465 e. The smallest absolute Gasteiger partial charge is 0.340 e. The number of ether oxygens (including phenoxy) is 1. The highest BCUT2D eigenvalue weighted by molar-refractivity contribution is 5.94. The van der Waals surface area contributed by atoms with E-state index >= 15 is 0 Å². The molecule has 0 aliphatic carbocycles. The molecular formula is C10H6F2O3. The van der Waals surface area contributed by atoms with Gasteiger partial charge in [0.2, 0.25) is 5.82 Å². The Balaban J connectivity index is 2.75. The number of hydrogen-bond donors (Lipinski definition) is 0. The predicted octanol–water partition coefficient (Wildman–Crippen LogP) is 2.50. The Morgan fingerprint density at radius 1 is 1.40 bits per heavy atom. The summed E-state index contributed by atoms with van der Waals surface area (Å²) in [7, 11) is 1.10. The van der Waals surface area contributed by atoms with Gasteiger partial charge in [0.25, 0.3) is 0 Å². The number of rotatable bonds is 1. The highest BCUT2D eigenvalue weighted by Crippen LogP contribution is 2.24. The van der Waals surface area contributed by atoms with Crippen LogP contribution in [0.2, 0.25) is 0 Å². The Morgan fingerprint density at radius 2 is 2.13 bits per heavy atom. The lowest BCUT2D eigenvalue weighted by Gasteiger charge is -2.02. The molecule has 0 fully saturated rings. The Labute approximate surface area is 83.2 Å². The van der Waals surface area contributed by atoms with Crippen molar-refractivity contribution in [3.8, 4) is 0 Å². The van der Waals surface area contributed by atoms with Crippen LogP contribution in [0.4, 0.5) is 8.78 Å². The molecule has 2 rings (SSSR count). The summed E-state index contributed by atoms with van der Waals surface area (Å²) in [6.45, 7) is 0. The number of furan rings is 1. The molecule has 1 aromatic carbocycles. The van der Waals surface area contributed by atoms with Gasteiger partial charge < -0.3 is 9.15 Å². The van der Waals surface area contributed by atoms with Crippen molar-refractivity contribution < 1.29 is 22.7 Å². The summed E-state index contributed by atoms with van der Waals surface area (Å²) in [5, 5.41) is 0.314. The fraction of sp³-hybridized carbons (Fsp3) is 0.100. The van der Waals surface area contributed by atoms with Crippen LogP contribution in [-0.4, -0.2) is 13.1 Å². The van der Waals surface area contributed by atoms with Crippen LogP contribution in [0.3, 0.4) is 0 Å². The van der Waals surface area contributed by atoms with Crippen molar-refractivity contribution >= 4 is 16.9 Å². The standard InChI is InChI=1S/C10H6F2O3/c1-14-10(13)6-4-5-2-3-15-9(5)8(12)7(6)11/h2-4H,1H3. The summed E-state index contributed by atoms with van der Waals surface area (Å²) in [5.74, 6) is -3.36. The zero-order valence-electron chi connectivity index (χ0n) is 7.71. The van der Waals surface area contributed by atoms with E-state index in [1.165, 1.54) is 18.4 Å². The lowest BCUT2D eigenvalue weighted by atomic mass is 10.1. The van der Waals surface area contributed by atoms with Gasteiger partial charge >= 0.3 is 5.97 Å². The van der Waals surface area contributed by atoms with E-state index in [1.807, 2.05) is 0 Å². The maximum absolute atomic E-state index is 13.3. The van der Waals surface area contributed by atoms with Crippen molar-refractivity contribution in [2.75, 3.05) is 7.11 Å². The molecule has 0 atom stereocenters. The van der Waals surface area contributed by atoms with Crippen LogP contribution in [0.5, 0.6) is 0 Å². The van der Waals surface area contributed by atoms with Gasteiger partial charge in [0, 0.05) is 5.39 Å². The van der Waals surface area contributed by atoms with Gasteiger partial charge in [0.1, 0.15) is 0 Å². The topological polar surface area (TPSA) is 39.4 Å². The zero-order valence-corrected chi connectivity index (χ0v) is 7.71. The fourth-order valence-electron chi connectivity index (χ4n) is 1.31. The molecule has 1 aromatic heterocycles. The molecule has 0 saturated carbocycles. The molecule has 3 nitrogen and oxygen atoms in total. The van der Waals surface area contributed by atoms with Gasteiger partial charge in [0.15, 0.2) is 11.4 Å². The van der Waals surface area contributed by atoms with E-state index in [1.54, 1.807) is 0 Å². The number of carbonyl (C=O) groups excluding carboxylic acids is 1. The molecule has 0 spiro atoms. The fourth-order valence-corrected chi connectivity index (χ4v) is 1.31. The first-order valence-corrected chi connectivity index (χ1v) is 4.08. The van der Waals surface area contributed by atoms with Gasteiger partial charge in [-0.3, -0.25) is 0 Å². The second-order valence-electron chi connectivity index (χ2n) is 2.88. The highest BCUT2D eigenvalue weighted by Gasteiger charge is 2.20. The predicted molar refractivity (Wildman–Crippen MR) is 47.5 cm³/mol. The molecule has 0 aliphatic heterocycles. The molecule has 1 heterocycles. The summed E-state index contributed by atoms with van der Waals surface area (Å²) in [6, 6.07) is 2.62. The summed E-state index contributed by atoms with van der Waals surface area (Å²) in [4.78, 5) is 11.1. The minimum Gasteiger partial charge on any atom is -0.465 e. The Morgan fingerprint density at radius 3 is 2.80 bits per heavy atom. The van der Waals surface area contributed by atoms with Crippen LogP contribution < -0.4 is 0 Å². The first kappa shape index (κ1) is 9.64. The maximum Gasteiger partial charge on any atom is 0.340 e. The van der Waals surface area contributed by atoms with Crippen molar-refractivity contribution in [3.05, 3.63) is 35.6 Å². The van der Waals surface area contributed by atoms with Crippen LogP contribution in [0.25, 0.3) is 11.0 Å². The maximum atomic E-state index is 13.3. The number of halogens is 2. The molecule has 0 N–H and O–H groups in total. The van der Waals surface area contributed by atoms with Crippen molar-refractivity contribution in [1.29, 1.82) is 0 Å². The lowest BCUT2D eigenvalue weighted by molar-refractivity contribution is 0.0594. The number of hydrogen-bond acceptors (Lipinski definition) is 3. The first-order chi connectivity index (χ1) is 7.15. The molecule has 0 amide bonds. The highest BCUT2D eigenvalue weighted by atomic mass is 19.2. The Hall–Kier alpha value is -1.91. The van der Waals surface area contributed by atoms with Gasteiger partial charge in [-0.1, -0.05) is 0 Å². The van der Waals surface area contributed by atoms with Crippen LogP contribution in [-0.2, 0) is 4.74 Å². The average molecular weight is 212 g/mol. The second kappa shape index (κ2) is 3.34. The van der Waals surface area contributed by atoms with E-state index in [2.05, 4.69) is 4.74 Å². The number of fused-ring (bicyclic) bond motifs is 1. The second-order valence-corrected chi connectivity index (χ2v) is 2.88. The molecule has 15 heavy (non-hydrogen) atoms. The number of benzene rings is 1. The third-order valence-corrected chi connectivity index (χ3v) is 2.03. The molecule has 0 unspecified atom stereocenters. The van der Waals surface area contributed by atoms with Crippen LogP contribution in [0, 0.1) is 11.6 Å². The molecule has 0 aliphatic rings. The van der Waals surface area contributed by atoms with Gasteiger partial charge in [-0.15, -0.1) is 0 Å². The number of carbonyl (C=O) groups is 1. The zero-order chi connectivity index (χ0) is 11.0. The monoisotopic (exact) mass is 212 g/mol. The van der Waals surface area contributed by atoms with Crippen LogP contribution >= 0.6 is 0 Å². The van der Waals surface area contributed by atoms with E-state index in [-0.39, 0.29) is 5.58 Å². The van der Waals surface area contributed by atoms with E-state index in [9.17, 15) is 13.6 Å². The van der Waals surface area contributed by atoms with Gasteiger partial charge in [-0.25, -0.2) is 9.18 Å². The summed E-state index contributed by atoms with van der Waals surface area (Å²) in [5.41, 5.74) is -0.649. The molecule has 2 aromatic rings. The molecular weight excluding hydrogens is 206 g/mol. The van der Waals surface area contributed by atoms with Crippen molar-refractivity contribution in [2.24, 2.45) is 0 Å². The van der Waals surface area contributed by atoms with E-state index in [0.29, 0.717) is 5.39 Å². The van der Waals surface area contributed by atoms with E-state index < -0.39 is 23.2 Å². The third kappa shape index (κ3) is 1.36. The van der Waals surface area contributed by atoms with Crippen molar-refractivity contribution in [1.82, 2.24) is 0 Å². The first-order valence-electron chi connectivity index (χ1n) is 4.08. The molecule has 0 radical (unpaired) electrons. The van der Waals surface area contributed by atoms with Crippen LogP contribution in [0.15, 0.2) is 22.8 Å². The van der Waals surface area contributed by atoms with E-state index in [0.717, 1.165) is 7.11 Å². The quantitative estimate of drug-likeness (QED) is 0.681. The number of esters is 1. The van der Waals surface area contributed by atoms with Gasteiger partial charge in [-0.05, 0) is 12.1 Å². The Bertz CT molecular complexity index is 531. The minimum atomic E-state index is -1.26. The minimum absolute atomic E-state index is 0.208. The summed E-state index contributed by atoms with van der Waals surface area (Å²) in [6.07, 6.45) is 1.22. The molecule has 78 valence electrons. The molecule has 0 bridgehead atoms.